The van der Waals surface area contributed by atoms with Crippen molar-refractivity contribution in [2.24, 2.45) is 0 Å². The fraction of sp³-hybridized carbons (Fsp3) is 0.435. The van der Waals surface area contributed by atoms with E-state index in [2.05, 4.69) is 5.32 Å². The van der Waals surface area contributed by atoms with Gasteiger partial charge in [-0.05, 0) is 57.0 Å². The van der Waals surface area contributed by atoms with Gasteiger partial charge in [-0.2, -0.15) is 0 Å². The summed E-state index contributed by atoms with van der Waals surface area (Å²) in [6.07, 6.45) is 0.693. The molecule has 0 bridgehead atoms. The van der Waals surface area contributed by atoms with Crippen molar-refractivity contribution >= 4 is 5.91 Å². The second-order valence-electron chi connectivity index (χ2n) is 7.81. The van der Waals surface area contributed by atoms with E-state index in [1.165, 1.54) is 0 Å². The van der Waals surface area contributed by atoms with Crippen molar-refractivity contribution < 1.29 is 19.0 Å². The molecule has 0 spiro atoms. The molecular formula is C23H29NO4. The number of fused-ring (bicyclic) bond motifs is 1. The lowest BCUT2D eigenvalue weighted by Crippen LogP contribution is -2.45. The summed E-state index contributed by atoms with van der Waals surface area (Å²) in [5, 5.41) is 3.17. The summed E-state index contributed by atoms with van der Waals surface area (Å²) in [6, 6.07) is 13.3. The Bertz CT molecular complexity index is 846. The summed E-state index contributed by atoms with van der Waals surface area (Å²) in [5.74, 6) is 2.13. The van der Waals surface area contributed by atoms with Gasteiger partial charge < -0.3 is 19.5 Å². The Labute approximate surface area is 167 Å². The second kappa shape index (κ2) is 8.13. The average Bonchev–Trinajstić information content (AvgIpc) is 2.66. The first kappa shape index (κ1) is 20.1. The Kier molecular flexibility index (Phi) is 5.82. The van der Waals surface area contributed by atoms with Crippen LogP contribution in [0, 0.1) is 6.92 Å². The molecule has 28 heavy (non-hydrogen) atoms. The molecule has 0 aromatic heterocycles. The molecule has 2 unspecified atom stereocenters. The molecule has 2 aromatic rings. The molecular weight excluding hydrogens is 354 g/mol. The van der Waals surface area contributed by atoms with Crippen LogP contribution in [0.4, 0.5) is 0 Å². The maximum absolute atomic E-state index is 13.0. The Hall–Kier alpha value is -2.69. The largest absolute Gasteiger partial charge is 0.497 e. The molecule has 0 aliphatic carbocycles. The molecule has 0 saturated heterocycles. The molecule has 0 fully saturated rings. The van der Waals surface area contributed by atoms with Crippen LogP contribution in [-0.2, 0) is 4.79 Å². The van der Waals surface area contributed by atoms with Crippen LogP contribution in [0.5, 0.6) is 17.2 Å². The van der Waals surface area contributed by atoms with Gasteiger partial charge in [-0.25, -0.2) is 0 Å². The van der Waals surface area contributed by atoms with Gasteiger partial charge in [0.2, 0.25) is 0 Å². The highest BCUT2D eigenvalue weighted by atomic mass is 16.5. The SMILES string of the molecule is CCC(Oc1ccccc1C)C(=O)NC1CC(C)(C)Oc2ccc(OC)cc21. The number of carbonyl (C=O) groups is 1. The van der Waals surface area contributed by atoms with E-state index in [1.807, 2.05) is 70.2 Å². The quantitative estimate of drug-likeness (QED) is 0.793. The van der Waals surface area contributed by atoms with Gasteiger partial charge in [-0.1, -0.05) is 25.1 Å². The molecule has 1 heterocycles. The topological polar surface area (TPSA) is 56.8 Å². The number of benzene rings is 2. The number of hydrogen-bond donors (Lipinski definition) is 1. The monoisotopic (exact) mass is 383 g/mol. The lowest BCUT2D eigenvalue weighted by molar-refractivity contribution is -0.129. The van der Waals surface area contributed by atoms with Gasteiger partial charge in [-0.15, -0.1) is 0 Å². The van der Waals surface area contributed by atoms with Gasteiger partial charge in [0.05, 0.1) is 13.2 Å². The van der Waals surface area contributed by atoms with E-state index in [9.17, 15) is 4.79 Å². The number of amides is 1. The van der Waals surface area contributed by atoms with Crippen LogP contribution in [0.25, 0.3) is 0 Å². The third-order valence-electron chi connectivity index (χ3n) is 5.02. The van der Waals surface area contributed by atoms with E-state index in [1.54, 1.807) is 7.11 Å². The summed E-state index contributed by atoms with van der Waals surface area (Å²) in [6.45, 7) is 7.98. The maximum atomic E-state index is 13.0. The molecule has 0 radical (unpaired) electrons. The predicted molar refractivity (Wildman–Crippen MR) is 109 cm³/mol. The third kappa shape index (κ3) is 4.41. The van der Waals surface area contributed by atoms with Crippen LogP contribution in [0.15, 0.2) is 42.5 Å². The Morgan fingerprint density at radius 3 is 2.71 bits per heavy atom. The predicted octanol–water partition coefficient (Wildman–Crippen LogP) is 4.58. The van der Waals surface area contributed by atoms with Crippen LogP contribution >= 0.6 is 0 Å². The standard InChI is InChI=1S/C23H29NO4/c1-6-19(27-20-10-8-7-9-15(20)2)22(25)24-18-14-23(3,4)28-21-12-11-16(26-5)13-17(18)21/h7-13,18-19H,6,14H2,1-5H3,(H,24,25). The highest BCUT2D eigenvalue weighted by Crippen LogP contribution is 2.41. The summed E-state index contributed by atoms with van der Waals surface area (Å²) >= 11 is 0. The van der Waals surface area contributed by atoms with Crippen molar-refractivity contribution in [2.45, 2.75) is 58.3 Å². The maximum Gasteiger partial charge on any atom is 0.261 e. The van der Waals surface area contributed by atoms with E-state index in [0.717, 1.165) is 28.4 Å². The Morgan fingerprint density at radius 2 is 2.04 bits per heavy atom. The minimum absolute atomic E-state index is 0.123. The highest BCUT2D eigenvalue weighted by molar-refractivity contribution is 5.81. The van der Waals surface area contributed by atoms with E-state index in [-0.39, 0.29) is 17.6 Å². The molecule has 1 aliphatic heterocycles. The van der Waals surface area contributed by atoms with Crippen molar-refractivity contribution in [3.63, 3.8) is 0 Å². The van der Waals surface area contributed by atoms with Gasteiger partial charge in [-0.3, -0.25) is 4.79 Å². The molecule has 5 nitrogen and oxygen atoms in total. The smallest absolute Gasteiger partial charge is 0.261 e. The number of para-hydroxylation sites is 1. The number of ether oxygens (including phenoxy) is 3. The minimum Gasteiger partial charge on any atom is -0.497 e. The average molecular weight is 383 g/mol. The zero-order valence-corrected chi connectivity index (χ0v) is 17.2. The van der Waals surface area contributed by atoms with Gasteiger partial charge in [0.15, 0.2) is 6.10 Å². The van der Waals surface area contributed by atoms with Crippen molar-refractivity contribution in [2.75, 3.05) is 7.11 Å². The lowest BCUT2D eigenvalue weighted by atomic mass is 9.89. The zero-order chi connectivity index (χ0) is 20.3. The summed E-state index contributed by atoms with van der Waals surface area (Å²) < 4.78 is 17.5. The minimum atomic E-state index is -0.555. The number of aryl methyl sites for hydroxylation is 1. The molecule has 1 N–H and O–H groups in total. The first-order valence-corrected chi connectivity index (χ1v) is 9.72. The number of hydrogen-bond acceptors (Lipinski definition) is 4. The second-order valence-corrected chi connectivity index (χ2v) is 7.81. The number of rotatable bonds is 6. The Morgan fingerprint density at radius 1 is 1.29 bits per heavy atom. The molecule has 150 valence electrons. The lowest BCUT2D eigenvalue weighted by Gasteiger charge is -2.38. The van der Waals surface area contributed by atoms with E-state index >= 15 is 0 Å². The van der Waals surface area contributed by atoms with Crippen molar-refractivity contribution in [1.82, 2.24) is 5.32 Å². The van der Waals surface area contributed by atoms with Gasteiger partial charge in [0.25, 0.3) is 5.91 Å². The molecule has 2 atom stereocenters. The van der Waals surface area contributed by atoms with Crippen molar-refractivity contribution in [3.05, 3.63) is 53.6 Å². The summed E-state index contributed by atoms with van der Waals surface area (Å²) in [7, 11) is 1.63. The normalized spacial score (nSPS) is 18.4. The zero-order valence-electron chi connectivity index (χ0n) is 17.2. The molecule has 5 heteroatoms. The van der Waals surface area contributed by atoms with Crippen LogP contribution in [-0.4, -0.2) is 24.7 Å². The number of methoxy groups -OCH3 is 1. The summed E-state index contributed by atoms with van der Waals surface area (Å²) in [5.41, 5.74) is 1.56. The van der Waals surface area contributed by atoms with Gasteiger partial charge in [0, 0.05) is 12.0 Å². The van der Waals surface area contributed by atoms with Crippen molar-refractivity contribution in [3.8, 4) is 17.2 Å². The van der Waals surface area contributed by atoms with Crippen molar-refractivity contribution in [1.29, 1.82) is 0 Å². The van der Waals surface area contributed by atoms with Crippen LogP contribution in [0.2, 0.25) is 0 Å². The molecule has 2 aromatic carbocycles. The van der Waals surface area contributed by atoms with Gasteiger partial charge >= 0.3 is 0 Å². The van der Waals surface area contributed by atoms with Crippen LogP contribution in [0.1, 0.15) is 50.8 Å². The van der Waals surface area contributed by atoms with E-state index in [4.69, 9.17) is 14.2 Å². The Balaban J connectivity index is 1.81. The molecule has 1 amide bonds. The first-order chi connectivity index (χ1) is 13.3. The fourth-order valence-electron chi connectivity index (χ4n) is 3.52. The first-order valence-electron chi connectivity index (χ1n) is 9.72. The highest BCUT2D eigenvalue weighted by Gasteiger charge is 2.36. The molecule has 3 rings (SSSR count). The fourth-order valence-corrected chi connectivity index (χ4v) is 3.52. The number of carbonyl (C=O) groups excluding carboxylic acids is 1. The van der Waals surface area contributed by atoms with Crippen LogP contribution in [0.3, 0.4) is 0 Å². The number of nitrogens with one attached hydrogen (secondary N) is 1. The van der Waals surface area contributed by atoms with Gasteiger partial charge in [0.1, 0.15) is 22.8 Å². The summed E-state index contributed by atoms with van der Waals surface area (Å²) in [4.78, 5) is 13.0. The third-order valence-corrected chi connectivity index (χ3v) is 5.02. The van der Waals surface area contributed by atoms with Crippen LogP contribution < -0.4 is 19.5 Å². The molecule has 0 saturated carbocycles. The van der Waals surface area contributed by atoms with E-state index < -0.39 is 6.10 Å². The molecule has 1 aliphatic rings. The van der Waals surface area contributed by atoms with E-state index in [0.29, 0.717) is 12.8 Å².